The summed E-state index contributed by atoms with van der Waals surface area (Å²) in [6.45, 7) is 5.34. The quantitative estimate of drug-likeness (QED) is 0.216. The molecule has 3 aliphatic rings. The number of halogens is 3. The number of carbonyl (C=O) groups is 1. The van der Waals surface area contributed by atoms with Gasteiger partial charge in [0.15, 0.2) is 5.82 Å². The molecule has 51 heavy (non-hydrogen) atoms. The van der Waals surface area contributed by atoms with Crippen molar-refractivity contribution in [3.63, 3.8) is 0 Å². The number of likely N-dealkylation sites (tertiary alicyclic amines) is 2. The molecular weight excluding hydrogens is 696 g/mol. The Bertz CT molecular complexity index is 2260. The Kier molecular flexibility index (Phi) is 8.27. The van der Waals surface area contributed by atoms with E-state index in [1.54, 1.807) is 30.1 Å². The van der Waals surface area contributed by atoms with Gasteiger partial charge in [0.1, 0.15) is 40.0 Å². The van der Waals surface area contributed by atoms with Crippen LogP contribution in [0.5, 0.6) is 6.01 Å². The van der Waals surface area contributed by atoms with Gasteiger partial charge in [-0.15, -0.1) is 11.3 Å². The van der Waals surface area contributed by atoms with E-state index in [0.717, 1.165) is 43.6 Å². The summed E-state index contributed by atoms with van der Waals surface area (Å²) < 4.78 is 40.2. The normalized spacial score (nSPS) is 19.5. The number of hydrogen-bond acceptors (Lipinski definition) is 10. The average molecular weight is 732 g/mol. The first-order valence-electron chi connectivity index (χ1n) is 17.0. The molecule has 264 valence electrons. The summed E-state index contributed by atoms with van der Waals surface area (Å²) in [5.74, 6) is -0.867. The summed E-state index contributed by atoms with van der Waals surface area (Å²) >= 11 is 7.86. The lowest BCUT2D eigenvalue weighted by Crippen LogP contribution is -2.64. The maximum absolute atomic E-state index is 17.1. The smallest absolute Gasteiger partial charge is 0.319 e. The molecule has 5 aromatic rings. The van der Waals surface area contributed by atoms with Crippen LogP contribution in [-0.2, 0) is 7.05 Å². The fourth-order valence-corrected chi connectivity index (χ4v) is 9.53. The van der Waals surface area contributed by atoms with Gasteiger partial charge in [-0.1, -0.05) is 17.7 Å². The van der Waals surface area contributed by atoms with Crippen LogP contribution in [0.15, 0.2) is 30.5 Å². The molecule has 2 atom stereocenters. The number of nitrogen functional groups attached to an aromatic ring is 1. The molecule has 0 radical (unpaired) electrons. The monoisotopic (exact) mass is 731 g/mol. The zero-order valence-electron chi connectivity index (χ0n) is 28.4. The van der Waals surface area contributed by atoms with Crippen LogP contribution in [0.4, 0.5) is 19.6 Å². The van der Waals surface area contributed by atoms with Gasteiger partial charge in [0.2, 0.25) is 0 Å². The SMILES string of the molecule is CC(Oc1nc(N2CCCC3(CN(C(=O)c4ccnn4C)C3)C2)c2cc(Cl)c(-c3ccc(F)c4sc(N)c(C#N)c34)c(F)c2n1)[C@@H]1CCCN1C. The predicted octanol–water partition coefficient (Wildman–Crippen LogP) is 6.23. The number of nitriles is 1. The summed E-state index contributed by atoms with van der Waals surface area (Å²) in [6, 6.07) is 8.24. The molecule has 2 N–H and O–H groups in total. The summed E-state index contributed by atoms with van der Waals surface area (Å²) in [4.78, 5) is 29.0. The number of likely N-dealkylation sites (N-methyl/N-ethyl adjacent to an activating group) is 1. The van der Waals surface area contributed by atoms with E-state index < -0.39 is 11.6 Å². The van der Waals surface area contributed by atoms with E-state index in [0.29, 0.717) is 43.1 Å². The highest BCUT2D eigenvalue weighted by atomic mass is 35.5. The van der Waals surface area contributed by atoms with Gasteiger partial charge >= 0.3 is 6.01 Å². The molecule has 1 unspecified atom stereocenters. The number of fused-ring (bicyclic) bond motifs is 2. The number of benzene rings is 2. The molecule has 0 saturated carbocycles. The van der Waals surface area contributed by atoms with Crippen LogP contribution in [0, 0.1) is 28.4 Å². The summed E-state index contributed by atoms with van der Waals surface area (Å²) in [7, 11) is 3.81. The Hall–Kier alpha value is -4.58. The second-order valence-corrected chi connectivity index (χ2v) is 15.5. The lowest BCUT2D eigenvalue weighted by molar-refractivity contribution is -0.00264. The molecule has 3 saturated heterocycles. The van der Waals surface area contributed by atoms with Crippen molar-refractivity contribution in [3.8, 4) is 23.2 Å². The molecular formula is C36H36ClF2N9O2S. The van der Waals surface area contributed by atoms with Crippen molar-refractivity contribution >= 4 is 60.7 Å². The third-order valence-corrected chi connectivity index (χ3v) is 12.1. The second-order valence-electron chi connectivity index (χ2n) is 14.1. The fraction of sp³-hybridized carbons (Fsp3) is 0.417. The van der Waals surface area contributed by atoms with Crippen LogP contribution in [0.2, 0.25) is 5.02 Å². The molecule has 8 rings (SSSR count). The number of nitrogens with zero attached hydrogens (tertiary/aromatic N) is 8. The van der Waals surface area contributed by atoms with Gasteiger partial charge in [-0.25, -0.2) is 8.78 Å². The van der Waals surface area contributed by atoms with E-state index in [1.807, 2.05) is 11.8 Å². The number of nitrogens with two attached hydrogens (primary N) is 1. The molecule has 3 fully saturated rings. The minimum Gasteiger partial charge on any atom is -0.459 e. The third kappa shape index (κ3) is 5.53. The molecule has 2 aromatic carbocycles. The van der Waals surface area contributed by atoms with E-state index in [-0.39, 0.29) is 71.8 Å². The van der Waals surface area contributed by atoms with Gasteiger partial charge in [-0.3, -0.25) is 14.4 Å². The van der Waals surface area contributed by atoms with Crippen molar-refractivity contribution in [2.45, 2.75) is 44.8 Å². The Labute approximate surface area is 302 Å². The Morgan fingerprint density at radius 3 is 2.69 bits per heavy atom. The number of anilines is 2. The Morgan fingerprint density at radius 1 is 1.18 bits per heavy atom. The van der Waals surface area contributed by atoms with Gasteiger partial charge in [0.25, 0.3) is 5.91 Å². The van der Waals surface area contributed by atoms with Gasteiger partial charge in [0, 0.05) is 67.2 Å². The highest BCUT2D eigenvalue weighted by Gasteiger charge is 2.48. The number of carbonyl (C=O) groups excluding carboxylic acids is 1. The predicted molar refractivity (Wildman–Crippen MR) is 193 cm³/mol. The van der Waals surface area contributed by atoms with Crippen LogP contribution in [0.3, 0.4) is 0 Å². The minimum absolute atomic E-state index is 0.00167. The largest absolute Gasteiger partial charge is 0.459 e. The number of aryl methyl sites for hydroxylation is 1. The number of amides is 1. The van der Waals surface area contributed by atoms with Crippen molar-refractivity contribution in [2.24, 2.45) is 12.5 Å². The number of aromatic nitrogens is 4. The van der Waals surface area contributed by atoms with E-state index in [9.17, 15) is 14.4 Å². The topological polar surface area (TPSA) is 129 Å². The first-order valence-corrected chi connectivity index (χ1v) is 18.2. The van der Waals surface area contributed by atoms with Crippen LogP contribution in [0.1, 0.15) is 48.7 Å². The first kappa shape index (κ1) is 33.6. The number of thiophene rings is 1. The van der Waals surface area contributed by atoms with Gasteiger partial charge < -0.3 is 20.3 Å². The van der Waals surface area contributed by atoms with Crippen molar-refractivity contribution in [1.82, 2.24) is 29.5 Å². The molecule has 0 bridgehead atoms. The average Bonchev–Trinajstić information content (AvgIpc) is 3.82. The van der Waals surface area contributed by atoms with E-state index in [1.165, 1.54) is 12.1 Å². The molecule has 3 aromatic heterocycles. The lowest BCUT2D eigenvalue weighted by atomic mass is 9.73. The molecule has 1 spiro atoms. The summed E-state index contributed by atoms with van der Waals surface area (Å²) in [6.07, 6.45) is 5.13. The molecule has 3 aliphatic heterocycles. The first-order chi connectivity index (χ1) is 24.5. The molecule has 15 heteroatoms. The van der Waals surface area contributed by atoms with E-state index >= 15 is 4.39 Å². The van der Waals surface area contributed by atoms with Crippen molar-refractivity contribution < 1.29 is 18.3 Å². The highest BCUT2D eigenvalue weighted by Crippen LogP contribution is 2.47. The number of rotatable bonds is 6. The van der Waals surface area contributed by atoms with Gasteiger partial charge in [0.05, 0.1) is 15.3 Å². The molecule has 11 nitrogen and oxygen atoms in total. The second kappa shape index (κ2) is 12.6. The van der Waals surface area contributed by atoms with Crippen LogP contribution in [-0.4, -0.2) is 87.4 Å². The zero-order valence-corrected chi connectivity index (χ0v) is 30.0. The van der Waals surface area contributed by atoms with Crippen LogP contribution >= 0.6 is 22.9 Å². The highest BCUT2D eigenvalue weighted by molar-refractivity contribution is 7.23. The maximum atomic E-state index is 17.1. The van der Waals surface area contributed by atoms with Gasteiger partial charge in [-0.2, -0.15) is 20.3 Å². The standard InChI is InChI=1S/C36H36ClF2N9O2S/c1-19(25-6-4-12-45(25)2)50-35-43-30-21(14-23(37)28(29(30)39)20-7-8-24(38)31-27(20)22(15-40)32(41)51-31)33(44-35)47-13-5-10-36(16-47)17-48(18-36)34(49)26-9-11-42-46(26)3/h7-9,11,14,19,25H,4-6,10,12-13,16-18,41H2,1-3H3/t19?,25-/m0/s1. The molecule has 6 heterocycles. The lowest BCUT2D eigenvalue weighted by Gasteiger charge is -2.54. The van der Waals surface area contributed by atoms with Crippen molar-refractivity contribution in [2.75, 3.05) is 50.4 Å². The Balaban J connectivity index is 1.22. The van der Waals surface area contributed by atoms with Crippen LogP contribution < -0.4 is 15.4 Å². The summed E-state index contributed by atoms with van der Waals surface area (Å²) in [5, 5.41) is 14.9. The van der Waals surface area contributed by atoms with Crippen molar-refractivity contribution in [1.29, 1.82) is 5.26 Å². The van der Waals surface area contributed by atoms with E-state index in [2.05, 4.69) is 33.0 Å². The Morgan fingerprint density at radius 2 is 1.98 bits per heavy atom. The molecule has 1 amide bonds. The minimum atomic E-state index is -0.735. The third-order valence-electron chi connectivity index (χ3n) is 10.8. The number of ether oxygens (including phenoxy) is 1. The van der Waals surface area contributed by atoms with E-state index in [4.69, 9.17) is 27.1 Å². The van der Waals surface area contributed by atoms with Gasteiger partial charge in [-0.05, 0) is 70.0 Å². The number of piperidine rings is 1. The van der Waals surface area contributed by atoms with Crippen molar-refractivity contribution in [3.05, 3.63) is 58.4 Å². The molecule has 0 aliphatic carbocycles. The fourth-order valence-electron chi connectivity index (χ4n) is 8.28. The maximum Gasteiger partial charge on any atom is 0.319 e. The number of hydrogen-bond donors (Lipinski definition) is 1. The summed E-state index contributed by atoms with van der Waals surface area (Å²) in [5.41, 5.74) is 6.77. The zero-order chi connectivity index (χ0) is 35.8. The van der Waals surface area contributed by atoms with Crippen LogP contribution in [0.25, 0.3) is 32.1 Å².